The lowest BCUT2D eigenvalue weighted by atomic mass is 10.1. The summed E-state index contributed by atoms with van der Waals surface area (Å²) in [4.78, 5) is 16.7. The van der Waals surface area contributed by atoms with Gasteiger partial charge < -0.3 is 5.73 Å². The smallest absolute Gasteiger partial charge is 0.247 e. The monoisotopic (exact) mass is 184 g/mol. The minimum absolute atomic E-state index is 0.0525. The number of carbonyl (C=O) groups excluding carboxylic acids is 1. The number of hydrogen-bond acceptors (Lipinski definition) is 3. The van der Waals surface area contributed by atoms with Gasteiger partial charge in [-0.05, 0) is 25.2 Å². The number of nitrogens with two attached hydrogens (primary N) is 1. The van der Waals surface area contributed by atoms with Crippen LogP contribution in [0.1, 0.15) is 25.7 Å². The number of nitrogens with zero attached hydrogens (tertiary/aromatic N) is 1. The highest BCUT2D eigenvalue weighted by atomic mass is 16.7. The Balaban J connectivity index is 1.76. The van der Waals surface area contributed by atoms with Crippen LogP contribution in [-0.4, -0.2) is 30.2 Å². The Bertz CT molecular complexity index is 198. The average Bonchev–Trinajstić information content (AvgIpc) is 2.81. The van der Waals surface area contributed by atoms with E-state index in [1.807, 2.05) is 0 Å². The normalized spacial score (nSPS) is 24.8. The molecule has 4 heteroatoms. The van der Waals surface area contributed by atoms with Gasteiger partial charge in [0.2, 0.25) is 5.91 Å². The molecule has 0 bridgehead atoms. The first-order valence-electron chi connectivity index (χ1n) is 4.96. The second-order valence-corrected chi connectivity index (χ2v) is 3.89. The van der Waals surface area contributed by atoms with E-state index in [2.05, 4.69) is 0 Å². The quantitative estimate of drug-likeness (QED) is 0.685. The molecule has 2 aliphatic rings. The number of amides is 1. The summed E-state index contributed by atoms with van der Waals surface area (Å²) in [6.45, 7) is 1.40. The van der Waals surface area contributed by atoms with E-state index in [-0.39, 0.29) is 11.9 Å². The van der Waals surface area contributed by atoms with Gasteiger partial charge in [0.05, 0.1) is 13.2 Å². The molecule has 1 aliphatic heterocycles. The molecular formula is C9H16N2O2. The van der Waals surface area contributed by atoms with E-state index in [1.165, 1.54) is 17.9 Å². The van der Waals surface area contributed by atoms with Gasteiger partial charge in [0, 0.05) is 12.5 Å². The van der Waals surface area contributed by atoms with Crippen molar-refractivity contribution in [2.75, 3.05) is 13.2 Å². The van der Waals surface area contributed by atoms with E-state index in [0.717, 1.165) is 13.0 Å². The Hall–Kier alpha value is -0.610. The predicted octanol–water partition coefficient (Wildman–Crippen LogP) is 0.278. The van der Waals surface area contributed by atoms with Crippen molar-refractivity contribution in [1.82, 2.24) is 5.06 Å². The summed E-state index contributed by atoms with van der Waals surface area (Å²) >= 11 is 0. The minimum Gasteiger partial charge on any atom is -0.327 e. The standard InChI is InChI=1S/C9H16N2O2/c10-8(7-2-3-7)6-9(12)11-4-1-5-13-11/h7-8H,1-6,10H2. The third kappa shape index (κ3) is 2.19. The van der Waals surface area contributed by atoms with Crippen molar-refractivity contribution in [3.8, 4) is 0 Å². The van der Waals surface area contributed by atoms with Crippen molar-refractivity contribution in [3.05, 3.63) is 0 Å². The molecule has 1 heterocycles. The Morgan fingerprint density at radius 1 is 1.62 bits per heavy atom. The maximum atomic E-state index is 11.5. The highest BCUT2D eigenvalue weighted by Crippen LogP contribution is 2.33. The first-order chi connectivity index (χ1) is 6.27. The molecule has 1 aliphatic carbocycles. The lowest BCUT2D eigenvalue weighted by Crippen LogP contribution is -2.34. The molecule has 1 saturated carbocycles. The summed E-state index contributed by atoms with van der Waals surface area (Å²) in [5.41, 5.74) is 5.84. The first-order valence-corrected chi connectivity index (χ1v) is 4.96. The summed E-state index contributed by atoms with van der Waals surface area (Å²) in [6, 6.07) is 0.0525. The number of hydroxylamine groups is 2. The van der Waals surface area contributed by atoms with Crippen molar-refractivity contribution in [2.24, 2.45) is 11.7 Å². The largest absolute Gasteiger partial charge is 0.327 e. The van der Waals surface area contributed by atoms with E-state index < -0.39 is 0 Å². The van der Waals surface area contributed by atoms with Crippen molar-refractivity contribution < 1.29 is 9.63 Å². The van der Waals surface area contributed by atoms with E-state index in [9.17, 15) is 4.79 Å². The average molecular weight is 184 g/mol. The number of hydrogen-bond donors (Lipinski definition) is 1. The van der Waals surface area contributed by atoms with Gasteiger partial charge in [-0.2, -0.15) is 0 Å². The molecule has 2 fully saturated rings. The molecule has 74 valence electrons. The van der Waals surface area contributed by atoms with Gasteiger partial charge in [0.25, 0.3) is 0 Å². The summed E-state index contributed by atoms with van der Waals surface area (Å²) in [5, 5.41) is 1.46. The molecule has 0 aromatic heterocycles. The fourth-order valence-electron chi connectivity index (χ4n) is 1.64. The van der Waals surface area contributed by atoms with E-state index in [1.54, 1.807) is 0 Å². The van der Waals surface area contributed by atoms with Gasteiger partial charge in [-0.15, -0.1) is 0 Å². The molecule has 1 saturated heterocycles. The molecule has 1 atom stereocenters. The van der Waals surface area contributed by atoms with Gasteiger partial charge in [-0.25, -0.2) is 5.06 Å². The minimum atomic E-state index is 0.0525. The maximum absolute atomic E-state index is 11.5. The van der Waals surface area contributed by atoms with Crippen LogP contribution in [-0.2, 0) is 9.63 Å². The van der Waals surface area contributed by atoms with E-state index >= 15 is 0 Å². The fraction of sp³-hybridized carbons (Fsp3) is 0.889. The van der Waals surface area contributed by atoms with Crippen LogP contribution in [0.5, 0.6) is 0 Å². The number of carbonyl (C=O) groups is 1. The van der Waals surface area contributed by atoms with Crippen molar-refractivity contribution in [3.63, 3.8) is 0 Å². The summed E-state index contributed by atoms with van der Waals surface area (Å²) in [5.74, 6) is 0.642. The molecule has 1 unspecified atom stereocenters. The Morgan fingerprint density at radius 2 is 2.38 bits per heavy atom. The lowest BCUT2D eigenvalue weighted by molar-refractivity contribution is -0.169. The van der Waals surface area contributed by atoms with Crippen LogP contribution in [0.2, 0.25) is 0 Å². The molecular weight excluding hydrogens is 168 g/mol. The van der Waals surface area contributed by atoms with Gasteiger partial charge >= 0.3 is 0 Å². The Labute approximate surface area is 78.0 Å². The zero-order valence-electron chi connectivity index (χ0n) is 7.74. The second kappa shape index (κ2) is 3.64. The molecule has 13 heavy (non-hydrogen) atoms. The van der Waals surface area contributed by atoms with Crippen LogP contribution >= 0.6 is 0 Å². The van der Waals surface area contributed by atoms with Gasteiger partial charge in [-0.3, -0.25) is 9.63 Å². The topological polar surface area (TPSA) is 55.6 Å². The fourth-order valence-corrected chi connectivity index (χ4v) is 1.64. The van der Waals surface area contributed by atoms with Crippen molar-refractivity contribution in [1.29, 1.82) is 0 Å². The molecule has 0 aromatic rings. The summed E-state index contributed by atoms with van der Waals surface area (Å²) in [6.07, 6.45) is 3.78. The van der Waals surface area contributed by atoms with Crippen LogP contribution in [0.25, 0.3) is 0 Å². The van der Waals surface area contributed by atoms with E-state index in [4.69, 9.17) is 10.6 Å². The zero-order chi connectivity index (χ0) is 9.26. The van der Waals surface area contributed by atoms with Crippen LogP contribution in [0.3, 0.4) is 0 Å². The lowest BCUT2D eigenvalue weighted by Gasteiger charge is -2.16. The van der Waals surface area contributed by atoms with E-state index in [0.29, 0.717) is 18.9 Å². The SMILES string of the molecule is NC(CC(=O)N1CCCO1)C1CC1. The Morgan fingerprint density at radius 3 is 2.92 bits per heavy atom. The predicted molar refractivity (Wildman–Crippen MR) is 47.6 cm³/mol. The van der Waals surface area contributed by atoms with Gasteiger partial charge in [-0.1, -0.05) is 0 Å². The van der Waals surface area contributed by atoms with Crippen LogP contribution in [0, 0.1) is 5.92 Å². The van der Waals surface area contributed by atoms with Crippen LogP contribution < -0.4 is 5.73 Å². The van der Waals surface area contributed by atoms with Crippen LogP contribution in [0.4, 0.5) is 0 Å². The third-order valence-electron chi connectivity index (χ3n) is 2.67. The second-order valence-electron chi connectivity index (χ2n) is 3.89. The zero-order valence-corrected chi connectivity index (χ0v) is 7.74. The summed E-state index contributed by atoms with van der Waals surface area (Å²) < 4.78 is 0. The van der Waals surface area contributed by atoms with Crippen LogP contribution in [0.15, 0.2) is 0 Å². The highest BCUT2D eigenvalue weighted by molar-refractivity contribution is 5.76. The molecule has 2 N–H and O–H groups in total. The molecule has 0 aromatic carbocycles. The molecule has 0 radical (unpaired) electrons. The Kier molecular flexibility index (Phi) is 2.51. The highest BCUT2D eigenvalue weighted by Gasteiger charge is 2.31. The van der Waals surface area contributed by atoms with Gasteiger partial charge in [0.15, 0.2) is 0 Å². The molecule has 1 amide bonds. The summed E-state index contributed by atoms with van der Waals surface area (Å²) in [7, 11) is 0. The number of rotatable bonds is 3. The molecule has 0 spiro atoms. The van der Waals surface area contributed by atoms with Crippen molar-refractivity contribution >= 4 is 5.91 Å². The van der Waals surface area contributed by atoms with Gasteiger partial charge in [0.1, 0.15) is 0 Å². The molecule has 4 nitrogen and oxygen atoms in total. The van der Waals surface area contributed by atoms with Crippen molar-refractivity contribution in [2.45, 2.75) is 31.7 Å². The molecule has 2 rings (SSSR count). The first kappa shape index (κ1) is 8.97. The third-order valence-corrected chi connectivity index (χ3v) is 2.67. The maximum Gasteiger partial charge on any atom is 0.247 e.